The normalized spacial score (nSPS) is 2.00. The second-order valence-corrected chi connectivity index (χ2v) is 0.565. The Balaban J connectivity index is -0.00000000800. The van der Waals surface area contributed by atoms with E-state index in [9.17, 15) is 0 Å². The van der Waals surface area contributed by atoms with E-state index < -0.39 is 0 Å². The summed E-state index contributed by atoms with van der Waals surface area (Å²) in [5.74, 6) is 0. The summed E-state index contributed by atoms with van der Waals surface area (Å²) in [4.78, 5) is 32.9. The summed E-state index contributed by atoms with van der Waals surface area (Å²) in [6.07, 6.45) is 3.50. The molecule has 0 aromatic carbocycles. The Morgan fingerprint density at radius 2 is 0.565 bits per heavy atom. The van der Waals surface area contributed by atoms with Crippen LogP contribution >= 0.6 is 0 Å². The third-order valence-electron chi connectivity index (χ3n) is 0. The van der Waals surface area contributed by atoms with Gasteiger partial charge in [-0.1, -0.05) is 0 Å². The molecule has 0 heterocycles. The van der Waals surface area contributed by atoms with Crippen LogP contribution in [-0.2, 0) is 36.0 Å². The van der Waals surface area contributed by atoms with Gasteiger partial charge in [-0.05, 0) is 24.3 Å². The van der Waals surface area contributed by atoms with Gasteiger partial charge in [0.2, 0.25) is 0 Å². The molecule has 0 aliphatic carbocycles. The summed E-state index contributed by atoms with van der Waals surface area (Å²) in [7, 11) is 0. The first kappa shape index (κ1) is 72.1. The summed E-state index contributed by atoms with van der Waals surface area (Å²) in [6, 6.07) is 0. The molecule has 17 heteroatoms. The number of isocyanates is 4. The first-order valence-corrected chi connectivity index (χ1v) is 2.61. The van der Waals surface area contributed by atoms with Crippen LogP contribution in [0.4, 0.5) is 0 Å². The van der Waals surface area contributed by atoms with Crippen molar-refractivity contribution >= 4 is 24.3 Å². The number of aliphatic hydroxyl groups is 2. The molecule has 1 radical (unpaired) electrons. The summed E-state index contributed by atoms with van der Waals surface area (Å²) < 4.78 is 0. The van der Waals surface area contributed by atoms with Gasteiger partial charge in [-0.25, -0.2) is 0 Å². The molecule has 23 heavy (non-hydrogen) atoms. The Morgan fingerprint density at radius 1 is 0.565 bits per heavy atom. The second-order valence-electron chi connectivity index (χ2n) is 0.565. The van der Waals surface area contributed by atoms with Crippen LogP contribution < -0.4 is 206 Å². The summed E-state index contributed by atoms with van der Waals surface area (Å²) in [5.41, 5.74) is 0. The maximum Gasteiger partial charge on any atom is 1.00 e. The molecular formula is C6H2CoK4N6O6. The number of aliphatic hydroxyl groups excluding tert-OH is 2. The van der Waals surface area contributed by atoms with Crippen molar-refractivity contribution in [3.05, 3.63) is 21.6 Å². The van der Waals surface area contributed by atoms with Crippen molar-refractivity contribution in [1.29, 1.82) is 10.5 Å². The van der Waals surface area contributed by atoms with Gasteiger partial charge in [0.15, 0.2) is 0 Å². The van der Waals surface area contributed by atoms with Crippen molar-refractivity contribution in [3.8, 4) is 12.5 Å². The third kappa shape index (κ3) is 1360. The van der Waals surface area contributed by atoms with E-state index in [4.69, 9.17) is 61.6 Å². The molecule has 0 aliphatic heterocycles. The number of hydrogen-bond donors (Lipinski definition) is 2. The minimum atomic E-state index is 0. The number of rotatable bonds is 0. The molecule has 105 valence electrons. The van der Waals surface area contributed by atoms with E-state index in [1.165, 1.54) is 0 Å². The molecule has 0 unspecified atom stereocenters. The van der Waals surface area contributed by atoms with Gasteiger partial charge in [0, 0.05) is 16.8 Å². The zero-order valence-corrected chi connectivity index (χ0v) is 26.1. The van der Waals surface area contributed by atoms with Crippen LogP contribution in [0.2, 0.25) is 0 Å². The van der Waals surface area contributed by atoms with Crippen molar-refractivity contribution in [3.63, 3.8) is 0 Å². The standard InChI is InChI=1S/2CHNO.4CNO.Co.4K/c6*2-1-3;;;;;/h2*3H;;;;;;;;;/q;;4*-1;;4*+1. The Bertz CT molecular complexity index is 303. The van der Waals surface area contributed by atoms with Gasteiger partial charge in [-0.15, -0.1) is 0 Å². The van der Waals surface area contributed by atoms with Crippen molar-refractivity contribution in [2.24, 2.45) is 0 Å². The Hall–Kier alpha value is 3.15. The van der Waals surface area contributed by atoms with Crippen LogP contribution in [0.5, 0.6) is 0 Å². The number of nitriles is 2. The molecule has 2 N–H and O–H groups in total. The minimum absolute atomic E-state index is 0. The maximum absolute atomic E-state index is 8.24. The van der Waals surface area contributed by atoms with Crippen molar-refractivity contribution in [1.82, 2.24) is 0 Å². The zero-order valence-electron chi connectivity index (χ0n) is 12.5. The Labute approximate surface area is 311 Å². The Morgan fingerprint density at radius 3 is 0.565 bits per heavy atom. The van der Waals surface area contributed by atoms with Crippen LogP contribution in [0.25, 0.3) is 21.6 Å². The molecule has 0 aliphatic rings. The molecule has 0 spiro atoms. The Kier molecular flexibility index (Phi) is 549. The van der Waals surface area contributed by atoms with Gasteiger partial charge in [0.05, 0.1) is 0 Å². The SMILES string of the molecule is N#CO.N#CO.[Co].[K+].[K+].[K+].[K+].[N-]=C=O.[N-]=C=O.[N-]=C=O.[N-]=C=O. The molecule has 0 aromatic rings. The average molecular weight is 469 g/mol. The predicted octanol–water partition coefficient (Wildman–Crippen LogP) is -12.7. The van der Waals surface area contributed by atoms with Crippen molar-refractivity contribution in [2.45, 2.75) is 0 Å². The third-order valence-corrected chi connectivity index (χ3v) is 0. The number of nitrogens with zero attached hydrogens (tertiary/aromatic N) is 6. The number of hydrogen-bond acceptors (Lipinski definition) is 8. The number of carbonyl (C=O) groups excluding carboxylic acids is 4. The van der Waals surface area contributed by atoms with Gasteiger partial charge in [0.25, 0.3) is 12.5 Å². The van der Waals surface area contributed by atoms with Crippen molar-refractivity contribution < 1.29 is 252 Å². The van der Waals surface area contributed by atoms with Gasteiger partial charge in [-0.2, -0.15) is 10.5 Å². The zero-order chi connectivity index (χ0) is 16.2. The summed E-state index contributed by atoms with van der Waals surface area (Å²) >= 11 is 0. The molecule has 12 nitrogen and oxygen atoms in total. The van der Waals surface area contributed by atoms with Gasteiger partial charge >= 0.3 is 206 Å². The smallest absolute Gasteiger partial charge is 0.724 e. The van der Waals surface area contributed by atoms with E-state index in [-0.39, 0.29) is 222 Å². The van der Waals surface area contributed by atoms with E-state index in [1.807, 2.05) is 0 Å². The van der Waals surface area contributed by atoms with E-state index in [2.05, 4.69) is 0 Å². The van der Waals surface area contributed by atoms with Crippen LogP contribution in [-0.4, -0.2) is 34.5 Å². The first-order chi connectivity index (χ1) is 8.49. The molecule has 0 bridgehead atoms. The fourth-order valence-electron chi connectivity index (χ4n) is 0. The van der Waals surface area contributed by atoms with Crippen LogP contribution in [0.15, 0.2) is 0 Å². The first-order valence-electron chi connectivity index (χ1n) is 2.61. The van der Waals surface area contributed by atoms with Crippen molar-refractivity contribution in [2.75, 3.05) is 0 Å². The molecule has 0 amide bonds. The molecule has 0 saturated heterocycles. The van der Waals surface area contributed by atoms with Gasteiger partial charge < -0.3 is 31.9 Å². The van der Waals surface area contributed by atoms with E-state index in [1.54, 1.807) is 0 Å². The fourth-order valence-corrected chi connectivity index (χ4v) is 0. The predicted molar refractivity (Wildman–Crippen MR) is 51.3 cm³/mol. The second kappa shape index (κ2) is 175. The summed E-state index contributed by atoms with van der Waals surface area (Å²) in [5, 5.41) is 54.6. The van der Waals surface area contributed by atoms with E-state index in [0.717, 1.165) is 12.5 Å². The molecule has 0 saturated carbocycles. The van der Waals surface area contributed by atoms with Gasteiger partial charge in [0.1, 0.15) is 0 Å². The van der Waals surface area contributed by atoms with Crippen LogP contribution in [0.1, 0.15) is 0 Å². The molecule has 0 rings (SSSR count). The molecule has 0 aromatic heterocycles. The largest absolute Gasteiger partial charge is 1.00 e. The fraction of sp³-hybridized carbons (Fsp3) is 0. The van der Waals surface area contributed by atoms with E-state index in [0.29, 0.717) is 24.3 Å². The monoisotopic (exact) mass is 469 g/mol. The average Bonchev–Trinajstić information content (AvgIpc) is 2.23. The topological polar surface area (TPSA) is 246 Å². The van der Waals surface area contributed by atoms with Gasteiger partial charge in [-0.3, -0.25) is 19.2 Å². The van der Waals surface area contributed by atoms with Crippen LogP contribution in [0, 0.1) is 23.0 Å². The van der Waals surface area contributed by atoms with Crippen LogP contribution in [0.3, 0.4) is 0 Å². The van der Waals surface area contributed by atoms with E-state index >= 15 is 0 Å². The molecular weight excluding hydrogens is 467 g/mol. The molecule has 0 fully saturated rings. The molecule has 0 atom stereocenters. The summed E-state index contributed by atoms with van der Waals surface area (Å²) in [6.45, 7) is 0. The quantitative estimate of drug-likeness (QED) is 0.149. The minimum Gasteiger partial charge on any atom is -0.724 e. The maximum atomic E-state index is 8.24.